The molecule has 0 atom stereocenters. The molecule has 0 N–H and O–H groups in total. The zero-order valence-corrected chi connectivity index (χ0v) is 19.1. The third kappa shape index (κ3) is 5.19. The first-order chi connectivity index (χ1) is 15.4. The third-order valence-corrected chi connectivity index (χ3v) is 8.20. The number of nitrogens with zero attached hydrogens (tertiary/aromatic N) is 3. The number of hydrogen-bond acceptors (Lipinski definition) is 4. The molecular weight excluding hydrogens is 429 g/mol. The van der Waals surface area contributed by atoms with Gasteiger partial charge in [0.15, 0.2) is 0 Å². The van der Waals surface area contributed by atoms with Gasteiger partial charge in [-0.25, -0.2) is 12.8 Å². The monoisotopic (exact) mass is 459 g/mol. The molecule has 2 aliphatic heterocycles. The summed E-state index contributed by atoms with van der Waals surface area (Å²) < 4.78 is 41.2. The smallest absolute Gasteiger partial charge is 0.255 e. The predicted octanol–water partition coefficient (Wildman–Crippen LogP) is 3.35. The van der Waals surface area contributed by atoms with Crippen molar-refractivity contribution in [2.24, 2.45) is 0 Å². The number of carbonyl (C=O) groups is 1. The number of benzene rings is 2. The second-order valence-electron chi connectivity index (χ2n) is 8.51. The summed E-state index contributed by atoms with van der Waals surface area (Å²) in [5, 5.41) is 0. The van der Waals surface area contributed by atoms with Crippen LogP contribution in [0.5, 0.6) is 0 Å². The molecule has 0 aliphatic carbocycles. The maximum absolute atomic E-state index is 13.4. The Bertz CT molecular complexity index is 1040. The van der Waals surface area contributed by atoms with E-state index < -0.39 is 10.0 Å². The summed E-state index contributed by atoms with van der Waals surface area (Å²) in [5.74, 6) is -0.482. The van der Waals surface area contributed by atoms with Gasteiger partial charge in [-0.1, -0.05) is 30.7 Å². The molecule has 8 heteroatoms. The minimum absolute atomic E-state index is 0.110. The highest BCUT2D eigenvalue weighted by Gasteiger charge is 2.31. The van der Waals surface area contributed by atoms with Crippen molar-refractivity contribution in [3.63, 3.8) is 0 Å². The Kier molecular flexibility index (Phi) is 7.23. The van der Waals surface area contributed by atoms with Gasteiger partial charge in [0.2, 0.25) is 10.0 Å². The molecule has 1 amide bonds. The fourth-order valence-electron chi connectivity index (χ4n) is 4.46. The van der Waals surface area contributed by atoms with Crippen LogP contribution >= 0.6 is 0 Å². The Morgan fingerprint density at radius 3 is 2.28 bits per heavy atom. The van der Waals surface area contributed by atoms with Crippen molar-refractivity contribution < 1.29 is 17.6 Å². The first-order valence-corrected chi connectivity index (χ1v) is 12.7. The van der Waals surface area contributed by atoms with E-state index >= 15 is 0 Å². The highest BCUT2D eigenvalue weighted by atomic mass is 32.2. The van der Waals surface area contributed by atoms with E-state index in [2.05, 4.69) is 4.90 Å². The Morgan fingerprint density at radius 1 is 0.812 bits per heavy atom. The molecule has 0 saturated carbocycles. The van der Waals surface area contributed by atoms with Crippen LogP contribution < -0.4 is 0 Å². The van der Waals surface area contributed by atoms with E-state index in [4.69, 9.17) is 0 Å². The van der Waals surface area contributed by atoms with Gasteiger partial charge < -0.3 is 4.90 Å². The van der Waals surface area contributed by atoms with E-state index in [0.29, 0.717) is 39.3 Å². The number of hydrogen-bond donors (Lipinski definition) is 0. The maximum Gasteiger partial charge on any atom is 0.255 e. The Morgan fingerprint density at radius 2 is 1.53 bits per heavy atom. The molecule has 172 valence electrons. The zero-order chi connectivity index (χ0) is 22.6. The normalized spacial score (nSPS) is 19.0. The lowest BCUT2D eigenvalue weighted by molar-refractivity contribution is 0.0757. The lowest BCUT2D eigenvalue weighted by Crippen LogP contribution is -2.38. The topological polar surface area (TPSA) is 60.9 Å². The average Bonchev–Trinajstić information content (AvgIpc) is 3.06. The quantitative estimate of drug-likeness (QED) is 0.688. The van der Waals surface area contributed by atoms with Crippen LogP contribution in [0.25, 0.3) is 0 Å². The number of amides is 1. The van der Waals surface area contributed by atoms with Crippen molar-refractivity contribution in [2.75, 3.05) is 39.3 Å². The van der Waals surface area contributed by atoms with Crippen LogP contribution in [0.1, 0.15) is 41.6 Å². The molecule has 2 heterocycles. The van der Waals surface area contributed by atoms with Crippen LogP contribution in [0.15, 0.2) is 53.4 Å². The summed E-state index contributed by atoms with van der Waals surface area (Å²) in [6.45, 7) is 4.33. The summed E-state index contributed by atoms with van der Waals surface area (Å²) in [6.07, 6.45) is 3.54. The molecule has 0 unspecified atom stereocenters. The molecule has 2 aromatic carbocycles. The van der Waals surface area contributed by atoms with Crippen LogP contribution in [0, 0.1) is 5.82 Å². The van der Waals surface area contributed by atoms with E-state index in [9.17, 15) is 17.6 Å². The molecule has 2 saturated heterocycles. The number of rotatable bonds is 5. The maximum atomic E-state index is 13.4. The van der Waals surface area contributed by atoms with E-state index in [1.807, 2.05) is 0 Å². The lowest BCUT2D eigenvalue weighted by atomic mass is 10.2. The SMILES string of the molecule is O=C(c1ccccc1S(=O)(=O)N1CCCCC1)N1CCCN(Cc2ccc(F)cc2)CC1. The Labute approximate surface area is 189 Å². The van der Waals surface area contributed by atoms with Gasteiger partial charge in [0.1, 0.15) is 5.82 Å². The first kappa shape index (κ1) is 22.9. The third-order valence-electron chi connectivity index (χ3n) is 6.25. The van der Waals surface area contributed by atoms with Crippen LogP contribution in [-0.4, -0.2) is 67.7 Å². The standard InChI is InChI=1S/C24H30FN3O3S/c25-21-11-9-20(10-12-21)19-26-13-6-14-27(18-17-26)24(29)22-7-2-3-8-23(22)32(30,31)28-15-4-1-5-16-28/h2-3,7-12H,1,4-6,13-19H2. The minimum Gasteiger partial charge on any atom is -0.337 e. The molecule has 2 fully saturated rings. The van der Waals surface area contributed by atoms with Gasteiger partial charge >= 0.3 is 0 Å². The number of carbonyl (C=O) groups excluding carboxylic acids is 1. The predicted molar refractivity (Wildman–Crippen MR) is 121 cm³/mol. The van der Waals surface area contributed by atoms with Crippen LogP contribution in [-0.2, 0) is 16.6 Å². The summed E-state index contributed by atoms with van der Waals surface area (Å²) in [5.41, 5.74) is 1.29. The van der Waals surface area contributed by atoms with Gasteiger partial charge in [-0.2, -0.15) is 4.31 Å². The van der Waals surface area contributed by atoms with E-state index in [0.717, 1.165) is 37.8 Å². The number of piperidine rings is 1. The lowest BCUT2D eigenvalue weighted by Gasteiger charge is -2.28. The van der Waals surface area contributed by atoms with Crippen molar-refractivity contribution in [2.45, 2.75) is 37.1 Å². The van der Waals surface area contributed by atoms with Crippen molar-refractivity contribution in [1.29, 1.82) is 0 Å². The van der Waals surface area contributed by atoms with E-state index in [-0.39, 0.29) is 22.2 Å². The second-order valence-corrected chi connectivity index (χ2v) is 10.4. The van der Waals surface area contributed by atoms with Gasteiger partial charge in [0.05, 0.1) is 10.5 Å². The highest BCUT2D eigenvalue weighted by Crippen LogP contribution is 2.25. The molecule has 2 aromatic rings. The summed E-state index contributed by atoms with van der Waals surface area (Å²) in [4.78, 5) is 17.5. The van der Waals surface area contributed by atoms with Crippen molar-refractivity contribution in [1.82, 2.24) is 14.1 Å². The van der Waals surface area contributed by atoms with Crippen LogP contribution in [0.4, 0.5) is 4.39 Å². The summed E-state index contributed by atoms with van der Waals surface area (Å²) >= 11 is 0. The minimum atomic E-state index is -3.70. The molecule has 0 aromatic heterocycles. The molecule has 0 spiro atoms. The van der Waals surface area contributed by atoms with Gasteiger partial charge in [0.25, 0.3) is 5.91 Å². The molecule has 6 nitrogen and oxygen atoms in total. The van der Waals surface area contributed by atoms with Gasteiger partial charge in [-0.3, -0.25) is 9.69 Å². The van der Waals surface area contributed by atoms with Crippen molar-refractivity contribution >= 4 is 15.9 Å². The molecule has 4 rings (SSSR count). The van der Waals surface area contributed by atoms with Crippen LogP contribution in [0.3, 0.4) is 0 Å². The van der Waals surface area contributed by atoms with E-state index in [1.54, 1.807) is 41.3 Å². The fourth-order valence-corrected chi connectivity index (χ4v) is 6.16. The zero-order valence-electron chi connectivity index (χ0n) is 18.2. The van der Waals surface area contributed by atoms with Gasteiger partial charge in [-0.05, 0) is 49.1 Å². The molecule has 2 aliphatic rings. The molecular formula is C24H30FN3O3S. The van der Waals surface area contributed by atoms with Gasteiger partial charge in [-0.15, -0.1) is 0 Å². The molecule has 0 radical (unpaired) electrons. The largest absolute Gasteiger partial charge is 0.337 e. The molecule has 0 bridgehead atoms. The Hall–Kier alpha value is -2.29. The first-order valence-electron chi connectivity index (χ1n) is 11.3. The number of sulfonamides is 1. The fraction of sp³-hybridized carbons (Fsp3) is 0.458. The molecule has 32 heavy (non-hydrogen) atoms. The van der Waals surface area contributed by atoms with Crippen molar-refractivity contribution in [3.05, 3.63) is 65.5 Å². The summed E-state index contributed by atoms with van der Waals surface area (Å²) in [6, 6.07) is 13.1. The van der Waals surface area contributed by atoms with E-state index in [1.165, 1.54) is 16.4 Å². The Balaban J connectivity index is 1.47. The average molecular weight is 460 g/mol. The second kappa shape index (κ2) is 10.1. The van der Waals surface area contributed by atoms with Crippen LogP contribution in [0.2, 0.25) is 0 Å². The summed E-state index contributed by atoms with van der Waals surface area (Å²) in [7, 11) is -3.70. The van der Waals surface area contributed by atoms with Gasteiger partial charge in [0, 0.05) is 45.8 Å². The number of halogens is 1. The van der Waals surface area contributed by atoms with Crippen molar-refractivity contribution in [3.8, 4) is 0 Å². The highest BCUT2D eigenvalue weighted by molar-refractivity contribution is 7.89.